The van der Waals surface area contributed by atoms with Crippen LogP contribution < -0.4 is 4.90 Å². The van der Waals surface area contributed by atoms with Crippen molar-refractivity contribution in [1.82, 2.24) is 14.9 Å². The Morgan fingerprint density at radius 2 is 2.25 bits per heavy atom. The standard InChI is InChI=1S/C15H26N4O/c1-11(2)15-16-7-14(13(10-20)17-15)19(4)9-12-5-6-18(3)8-12/h7,11-12,20H,5-6,8-10H2,1-4H3. The van der Waals surface area contributed by atoms with Crippen molar-refractivity contribution in [3.8, 4) is 0 Å². The van der Waals surface area contributed by atoms with Gasteiger partial charge in [0.1, 0.15) is 5.82 Å². The molecule has 1 aromatic heterocycles. The Morgan fingerprint density at radius 3 is 2.80 bits per heavy atom. The number of anilines is 1. The van der Waals surface area contributed by atoms with Crippen molar-refractivity contribution >= 4 is 5.69 Å². The monoisotopic (exact) mass is 278 g/mol. The van der Waals surface area contributed by atoms with Crippen molar-refractivity contribution in [3.63, 3.8) is 0 Å². The lowest BCUT2D eigenvalue weighted by atomic mass is 10.1. The van der Waals surface area contributed by atoms with Crippen molar-refractivity contribution < 1.29 is 5.11 Å². The molecule has 0 saturated carbocycles. The van der Waals surface area contributed by atoms with E-state index in [4.69, 9.17) is 0 Å². The van der Waals surface area contributed by atoms with Gasteiger partial charge in [-0.1, -0.05) is 13.8 Å². The largest absolute Gasteiger partial charge is 0.390 e. The van der Waals surface area contributed by atoms with E-state index in [1.165, 1.54) is 13.0 Å². The molecule has 112 valence electrons. The van der Waals surface area contributed by atoms with Gasteiger partial charge in [0.15, 0.2) is 0 Å². The van der Waals surface area contributed by atoms with Crippen LogP contribution in [-0.4, -0.2) is 53.7 Å². The van der Waals surface area contributed by atoms with E-state index in [9.17, 15) is 5.11 Å². The first-order valence-corrected chi connectivity index (χ1v) is 7.37. The number of aliphatic hydroxyl groups is 1. The number of rotatable bonds is 5. The molecule has 2 heterocycles. The lowest BCUT2D eigenvalue weighted by molar-refractivity contribution is 0.276. The lowest BCUT2D eigenvalue weighted by Crippen LogP contribution is -2.28. The van der Waals surface area contributed by atoms with Crippen LogP contribution in [0.15, 0.2) is 6.20 Å². The van der Waals surface area contributed by atoms with E-state index >= 15 is 0 Å². The Balaban J connectivity index is 2.10. The fraction of sp³-hybridized carbons (Fsp3) is 0.733. The maximum absolute atomic E-state index is 9.55. The van der Waals surface area contributed by atoms with Gasteiger partial charge in [0.05, 0.1) is 24.2 Å². The predicted octanol–water partition coefficient (Wildman–Crippen LogP) is 1.48. The number of hydrogen-bond donors (Lipinski definition) is 1. The molecule has 20 heavy (non-hydrogen) atoms. The highest BCUT2D eigenvalue weighted by Gasteiger charge is 2.22. The maximum Gasteiger partial charge on any atom is 0.131 e. The van der Waals surface area contributed by atoms with Crippen LogP contribution in [0.5, 0.6) is 0 Å². The van der Waals surface area contributed by atoms with Crippen LogP contribution in [0.3, 0.4) is 0 Å². The number of hydrogen-bond acceptors (Lipinski definition) is 5. The molecule has 1 fully saturated rings. The van der Waals surface area contributed by atoms with E-state index in [2.05, 4.69) is 47.7 Å². The van der Waals surface area contributed by atoms with Crippen molar-refractivity contribution in [2.45, 2.75) is 32.8 Å². The zero-order chi connectivity index (χ0) is 14.7. The van der Waals surface area contributed by atoms with E-state index in [0.717, 1.165) is 30.3 Å². The maximum atomic E-state index is 9.55. The normalized spacial score (nSPS) is 19.8. The summed E-state index contributed by atoms with van der Waals surface area (Å²) in [6.45, 7) is 7.40. The minimum absolute atomic E-state index is 0.0352. The lowest BCUT2D eigenvalue weighted by Gasteiger charge is -2.24. The first-order chi connectivity index (χ1) is 9.51. The summed E-state index contributed by atoms with van der Waals surface area (Å²) in [7, 11) is 4.23. The van der Waals surface area contributed by atoms with Crippen LogP contribution in [0.2, 0.25) is 0 Å². The van der Waals surface area contributed by atoms with Gasteiger partial charge in [-0.15, -0.1) is 0 Å². The van der Waals surface area contributed by atoms with Crippen LogP contribution in [-0.2, 0) is 6.61 Å². The second kappa shape index (κ2) is 6.50. The van der Waals surface area contributed by atoms with Crippen molar-refractivity contribution in [1.29, 1.82) is 0 Å². The molecular formula is C15H26N4O. The second-order valence-electron chi connectivity index (χ2n) is 6.17. The Kier molecular flexibility index (Phi) is 4.94. The molecule has 5 nitrogen and oxygen atoms in total. The fourth-order valence-corrected chi connectivity index (χ4v) is 2.80. The third-order valence-electron chi connectivity index (χ3n) is 3.96. The molecular weight excluding hydrogens is 252 g/mol. The molecule has 0 aromatic carbocycles. The molecule has 0 amide bonds. The third kappa shape index (κ3) is 3.46. The highest BCUT2D eigenvalue weighted by Crippen LogP contribution is 2.23. The van der Waals surface area contributed by atoms with Gasteiger partial charge in [0.2, 0.25) is 0 Å². The smallest absolute Gasteiger partial charge is 0.131 e. The Hall–Kier alpha value is -1.20. The summed E-state index contributed by atoms with van der Waals surface area (Å²) in [6.07, 6.45) is 3.09. The number of aliphatic hydroxyl groups excluding tert-OH is 1. The molecule has 0 bridgehead atoms. The molecule has 1 N–H and O–H groups in total. The summed E-state index contributed by atoms with van der Waals surface area (Å²) in [6, 6.07) is 0. The highest BCUT2D eigenvalue weighted by atomic mass is 16.3. The second-order valence-corrected chi connectivity index (χ2v) is 6.17. The third-order valence-corrected chi connectivity index (χ3v) is 3.96. The Morgan fingerprint density at radius 1 is 1.50 bits per heavy atom. The van der Waals surface area contributed by atoms with Crippen LogP contribution in [0, 0.1) is 5.92 Å². The first kappa shape index (κ1) is 15.2. The SMILES string of the molecule is CC(C)c1ncc(N(C)CC2CCN(C)C2)c(CO)n1. The van der Waals surface area contributed by atoms with Gasteiger partial charge >= 0.3 is 0 Å². The van der Waals surface area contributed by atoms with E-state index in [-0.39, 0.29) is 12.5 Å². The summed E-state index contributed by atoms with van der Waals surface area (Å²) >= 11 is 0. The van der Waals surface area contributed by atoms with Crippen molar-refractivity contribution in [3.05, 3.63) is 17.7 Å². The number of likely N-dealkylation sites (tertiary alicyclic amines) is 1. The summed E-state index contributed by atoms with van der Waals surface area (Å²) in [5, 5.41) is 9.55. The van der Waals surface area contributed by atoms with Crippen molar-refractivity contribution in [2.75, 3.05) is 38.6 Å². The molecule has 0 radical (unpaired) electrons. The van der Waals surface area contributed by atoms with Crippen LogP contribution in [0.1, 0.15) is 37.7 Å². The van der Waals surface area contributed by atoms with E-state index in [1.807, 2.05) is 6.20 Å². The van der Waals surface area contributed by atoms with Gasteiger partial charge in [0.25, 0.3) is 0 Å². The predicted molar refractivity (Wildman–Crippen MR) is 80.9 cm³/mol. The summed E-state index contributed by atoms with van der Waals surface area (Å²) < 4.78 is 0. The van der Waals surface area contributed by atoms with Crippen LogP contribution in [0.25, 0.3) is 0 Å². The Labute approximate surface area is 121 Å². The van der Waals surface area contributed by atoms with Gasteiger partial charge in [-0.3, -0.25) is 0 Å². The molecule has 2 rings (SSSR count). The molecule has 1 aromatic rings. The van der Waals surface area contributed by atoms with Gasteiger partial charge in [0, 0.05) is 26.1 Å². The molecule has 1 saturated heterocycles. The molecule has 0 spiro atoms. The van der Waals surface area contributed by atoms with Gasteiger partial charge in [-0.2, -0.15) is 0 Å². The molecule has 1 aliphatic rings. The average Bonchev–Trinajstić information content (AvgIpc) is 2.83. The summed E-state index contributed by atoms with van der Waals surface area (Å²) in [5.74, 6) is 1.76. The zero-order valence-electron chi connectivity index (χ0n) is 13.0. The van der Waals surface area contributed by atoms with Gasteiger partial charge < -0.3 is 14.9 Å². The van der Waals surface area contributed by atoms with Crippen LogP contribution in [0.4, 0.5) is 5.69 Å². The topological polar surface area (TPSA) is 52.5 Å². The zero-order valence-corrected chi connectivity index (χ0v) is 13.0. The quantitative estimate of drug-likeness (QED) is 0.884. The van der Waals surface area contributed by atoms with E-state index in [1.54, 1.807) is 0 Å². The highest BCUT2D eigenvalue weighted by molar-refractivity contribution is 5.48. The molecule has 1 atom stereocenters. The van der Waals surface area contributed by atoms with Crippen molar-refractivity contribution in [2.24, 2.45) is 5.92 Å². The van der Waals surface area contributed by atoms with Gasteiger partial charge in [-0.05, 0) is 25.9 Å². The molecule has 5 heteroatoms. The summed E-state index contributed by atoms with van der Waals surface area (Å²) in [5.41, 5.74) is 1.68. The van der Waals surface area contributed by atoms with Gasteiger partial charge in [-0.25, -0.2) is 9.97 Å². The number of aromatic nitrogens is 2. The van der Waals surface area contributed by atoms with E-state index < -0.39 is 0 Å². The van der Waals surface area contributed by atoms with Crippen LogP contribution >= 0.6 is 0 Å². The van der Waals surface area contributed by atoms with E-state index in [0.29, 0.717) is 5.92 Å². The minimum Gasteiger partial charge on any atom is -0.390 e. The summed E-state index contributed by atoms with van der Waals surface area (Å²) in [4.78, 5) is 13.5. The fourth-order valence-electron chi connectivity index (χ4n) is 2.80. The molecule has 1 unspecified atom stereocenters. The average molecular weight is 278 g/mol. The molecule has 0 aliphatic carbocycles. The first-order valence-electron chi connectivity index (χ1n) is 7.37. The molecule has 1 aliphatic heterocycles. The minimum atomic E-state index is -0.0352. The Bertz CT molecular complexity index is 449. The number of nitrogens with zero attached hydrogens (tertiary/aromatic N) is 4.